The van der Waals surface area contributed by atoms with Crippen LogP contribution in [0.4, 0.5) is 0 Å². The van der Waals surface area contributed by atoms with Crippen molar-refractivity contribution in [2.24, 2.45) is 0 Å². The van der Waals surface area contributed by atoms with Gasteiger partial charge in [-0.3, -0.25) is 9.78 Å². The normalized spacial score (nSPS) is 11.3. The molecule has 0 aliphatic rings. The van der Waals surface area contributed by atoms with E-state index >= 15 is 0 Å². The average molecular weight is 272 g/mol. The minimum Gasteiger partial charge on any atom is -0.481 e. The van der Waals surface area contributed by atoms with Gasteiger partial charge in [0.15, 0.2) is 0 Å². The SMILES string of the molecule is O=C(O)CCCCCNS(=O)(=O)c1cccnc1. The maximum Gasteiger partial charge on any atom is 0.303 e. The van der Waals surface area contributed by atoms with E-state index in [0.29, 0.717) is 25.8 Å². The van der Waals surface area contributed by atoms with Crippen LogP contribution >= 0.6 is 0 Å². The van der Waals surface area contributed by atoms with Gasteiger partial charge in [0, 0.05) is 25.4 Å². The van der Waals surface area contributed by atoms with E-state index < -0.39 is 16.0 Å². The molecule has 0 aliphatic heterocycles. The minimum absolute atomic E-state index is 0.120. The van der Waals surface area contributed by atoms with Crippen molar-refractivity contribution in [3.63, 3.8) is 0 Å². The Morgan fingerprint density at radius 2 is 2.11 bits per heavy atom. The Morgan fingerprint density at radius 3 is 2.72 bits per heavy atom. The molecule has 0 aromatic carbocycles. The summed E-state index contributed by atoms with van der Waals surface area (Å²) in [4.78, 5) is 14.1. The van der Waals surface area contributed by atoms with Gasteiger partial charge in [-0.25, -0.2) is 13.1 Å². The van der Waals surface area contributed by atoms with E-state index in [2.05, 4.69) is 9.71 Å². The van der Waals surface area contributed by atoms with E-state index in [-0.39, 0.29) is 11.3 Å². The van der Waals surface area contributed by atoms with Crippen molar-refractivity contribution in [1.29, 1.82) is 0 Å². The fraction of sp³-hybridized carbons (Fsp3) is 0.455. The molecular weight excluding hydrogens is 256 g/mol. The Labute approximate surface area is 106 Å². The number of rotatable bonds is 8. The second-order valence-electron chi connectivity index (χ2n) is 3.79. The predicted octanol–water partition coefficient (Wildman–Crippen LogP) is 1.00. The van der Waals surface area contributed by atoms with Gasteiger partial charge in [-0.05, 0) is 25.0 Å². The lowest BCUT2D eigenvalue weighted by molar-refractivity contribution is -0.137. The number of nitrogens with one attached hydrogen (secondary N) is 1. The van der Waals surface area contributed by atoms with Crippen LogP contribution in [0.5, 0.6) is 0 Å². The van der Waals surface area contributed by atoms with Crippen LogP contribution < -0.4 is 4.72 Å². The summed E-state index contributed by atoms with van der Waals surface area (Å²) in [5.74, 6) is -0.828. The molecule has 2 N–H and O–H groups in total. The summed E-state index contributed by atoms with van der Waals surface area (Å²) >= 11 is 0. The molecule has 1 heterocycles. The Hall–Kier alpha value is -1.47. The van der Waals surface area contributed by atoms with E-state index in [4.69, 9.17) is 5.11 Å². The first-order valence-corrected chi connectivity index (χ1v) is 7.12. The molecule has 0 amide bonds. The van der Waals surface area contributed by atoms with Gasteiger partial charge in [0.1, 0.15) is 4.90 Å². The molecular formula is C11H16N2O4S. The zero-order chi connectivity index (χ0) is 13.4. The summed E-state index contributed by atoms with van der Waals surface area (Å²) in [6.07, 6.45) is 4.77. The van der Waals surface area contributed by atoms with E-state index in [1.165, 1.54) is 18.5 Å². The quantitative estimate of drug-likeness (QED) is 0.688. The fourth-order valence-corrected chi connectivity index (χ4v) is 2.41. The summed E-state index contributed by atoms with van der Waals surface area (Å²) in [5.41, 5.74) is 0. The fourth-order valence-electron chi connectivity index (χ4n) is 1.37. The van der Waals surface area contributed by atoms with Crippen molar-refractivity contribution < 1.29 is 18.3 Å². The van der Waals surface area contributed by atoms with Crippen molar-refractivity contribution >= 4 is 16.0 Å². The third-order valence-corrected chi connectivity index (χ3v) is 3.75. The monoisotopic (exact) mass is 272 g/mol. The van der Waals surface area contributed by atoms with E-state index in [1.54, 1.807) is 6.07 Å². The standard InChI is InChI=1S/C11H16N2O4S/c14-11(15)6-2-1-3-8-13-18(16,17)10-5-4-7-12-9-10/h4-5,7,9,13H,1-3,6,8H2,(H,14,15). The number of hydrogen-bond donors (Lipinski definition) is 2. The number of carboxylic acids is 1. The van der Waals surface area contributed by atoms with Crippen LogP contribution in [-0.4, -0.2) is 31.0 Å². The van der Waals surface area contributed by atoms with Crippen molar-refractivity contribution in [2.45, 2.75) is 30.6 Å². The maximum atomic E-state index is 11.7. The topological polar surface area (TPSA) is 96.4 Å². The molecule has 1 aromatic heterocycles. The van der Waals surface area contributed by atoms with Crippen molar-refractivity contribution in [3.05, 3.63) is 24.5 Å². The van der Waals surface area contributed by atoms with Crippen LogP contribution in [0.1, 0.15) is 25.7 Å². The number of carbonyl (C=O) groups is 1. The first-order valence-electron chi connectivity index (χ1n) is 5.64. The Bertz CT molecular complexity index is 473. The minimum atomic E-state index is -3.49. The zero-order valence-electron chi connectivity index (χ0n) is 9.87. The summed E-state index contributed by atoms with van der Waals surface area (Å²) < 4.78 is 25.9. The third kappa shape index (κ3) is 5.24. The Morgan fingerprint density at radius 1 is 1.33 bits per heavy atom. The molecule has 0 bridgehead atoms. The predicted molar refractivity (Wildman–Crippen MR) is 65.5 cm³/mol. The smallest absolute Gasteiger partial charge is 0.303 e. The lowest BCUT2D eigenvalue weighted by atomic mass is 10.2. The number of aromatic nitrogens is 1. The molecule has 0 saturated heterocycles. The van der Waals surface area contributed by atoms with Crippen molar-refractivity contribution in [1.82, 2.24) is 9.71 Å². The molecule has 100 valence electrons. The summed E-state index contributed by atoms with van der Waals surface area (Å²) in [7, 11) is -3.49. The molecule has 0 fully saturated rings. The molecule has 0 saturated carbocycles. The van der Waals surface area contributed by atoms with Crippen LogP contribution in [0.25, 0.3) is 0 Å². The van der Waals surface area contributed by atoms with Crippen LogP contribution in [0.3, 0.4) is 0 Å². The van der Waals surface area contributed by atoms with Gasteiger partial charge in [-0.15, -0.1) is 0 Å². The highest BCUT2D eigenvalue weighted by Gasteiger charge is 2.12. The Kier molecular flexibility index (Phi) is 5.73. The third-order valence-electron chi connectivity index (χ3n) is 2.30. The highest BCUT2D eigenvalue weighted by Crippen LogP contribution is 2.06. The Balaban J connectivity index is 2.29. The number of pyridine rings is 1. The number of aliphatic carboxylic acids is 1. The molecule has 7 heteroatoms. The van der Waals surface area contributed by atoms with Gasteiger partial charge in [0.2, 0.25) is 10.0 Å². The highest BCUT2D eigenvalue weighted by molar-refractivity contribution is 7.89. The molecule has 0 radical (unpaired) electrons. The molecule has 0 spiro atoms. The van der Waals surface area contributed by atoms with Gasteiger partial charge < -0.3 is 5.11 Å². The molecule has 1 aromatic rings. The second-order valence-corrected chi connectivity index (χ2v) is 5.56. The first-order chi connectivity index (χ1) is 8.52. The zero-order valence-corrected chi connectivity index (χ0v) is 10.7. The second kappa shape index (κ2) is 7.07. The number of sulfonamides is 1. The molecule has 0 unspecified atom stereocenters. The number of nitrogens with zero attached hydrogens (tertiary/aromatic N) is 1. The molecule has 0 atom stereocenters. The largest absolute Gasteiger partial charge is 0.481 e. The van der Waals surface area contributed by atoms with Gasteiger partial charge in [0.05, 0.1) is 0 Å². The van der Waals surface area contributed by atoms with Crippen molar-refractivity contribution in [3.8, 4) is 0 Å². The summed E-state index contributed by atoms with van der Waals surface area (Å²) in [6, 6.07) is 3.03. The number of hydrogen-bond acceptors (Lipinski definition) is 4. The number of carboxylic acid groups (broad SMARTS) is 1. The van der Waals surface area contributed by atoms with Crippen LogP contribution in [0, 0.1) is 0 Å². The van der Waals surface area contributed by atoms with Gasteiger partial charge in [-0.2, -0.15) is 0 Å². The molecule has 18 heavy (non-hydrogen) atoms. The first kappa shape index (κ1) is 14.6. The maximum absolute atomic E-state index is 11.7. The summed E-state index contributed by atoms with van der Waals surface area (Å²) in [5, 5.41) is 8.43. The van der Waals surface area contributed by atoms with Gasteiger partial charge in [0.25, 0.3) is 0 Å². The van der Waals surface area contributed by atoms with E-state index in [1.807, 2.05) is 0 Å². The lowest BCUT2D eigenvalue weighted by Crippen LogP contribution is -2.24. The highest BCUT2D eigenvalue weighted by atomic mass is 32.2. The van der Waals surface area contributed by atoms with Gasteiger partial charge in [-0.1, -0.05) is 6.42 Å². The lowest BCUT2D eigenvalue weighted by Gasteiger charge is -2.05. The van der Waals surface area contributed by atoms with Gasteiger partial charge >= 0.3 is 5.97 Å². The molecule has 0 aliphatic carbocycles. The molecule has 1 rings (SSSR count). The van der Waals surface area contributed by atoms with E-state index in [0.717, 1.165) is 0 Å². The van der Waals surface area contributed by atoms with Crippen LogP contribution in [-0.2, 0) is 14.8 Å². The average Bonchev–Trinajstić information content (AvgIpc) is 2.34. The van der Waals surface area contributed by atoms with Crippen LogP contribution in [0.2, 0.25) is 0 Å². The molecule has 6 nitrogen and oxygen atoms in total. The summed E-state index contributed by atoms with van der Waals surface area (Å²) in [6.45, 7) is 0.302. The van der Waals surface area contributed by atoms with Crippen LogP contribution in [0.15, 0.2) is 29.4 Å². The number of unbranched alkanes of at least 4 members (excludes halogenated alkanes) is 2. The van der Waals surface area contributed by atoms with E-state index in [9.17, 15) is 13.2 Å². The van der Waals surface area contributed by atoms with Crippen molar-refractivity contribution in [2.75, 3.05) is 6.54 Å².